The van der Waals surface area contributed by atoms with Crippen molar-refractivity contribution in [2.45, 2.75) is 57.0 Å². The van der Waals surface area contributed by atoms with Gasteiger partial charge in [0.25, 0.3) is 0 Å². The molecule has 0 saturated carbocycles. The molecular weight excluding hydrogens is 411 g/mol. The molecule has 154 valence electrons. The summed E-state index contributed by atoms with van der Waals surface area (Å²) in [5, 5.41) is 1.10. The minimum absolute atomic E-state index is 0.203. The van der Waals surface area contributed by atoms with Gasteiger partial charge >= 0.3 is 7.12 Å². The van der Waals surface area contributed by atoms with E-state index in [-0.39, 0.29) is 6.42 Å². The predicted octanol–water partition coefficient (Wildman–Crippen LogP) is 4.06. The molecule has 3 heterocycles. The molecule has 2 aromatic heterocycles. The van der Waals surface area contributed by atoms with E-state index in [9.17, 15) is 8.42 Å². The average molecular weight is 435 g/mol. The van der Waals surface area contributed by atoms with Crippen molar-refractivity contribution >= 4 is 39.8 Å². The van der Waals surface area contributed by atoms with Crippen molar-refractivity contribution in [2.24, 2.45) is 0 Å². The normalized spacial score (nSPS) is 26.5. The molecule has 9 heteroatoms. The summed E-state index contributed by atoms with van der Waals surface area (Å²) in [5.41, 5.74) is 0.0425. The van der Waals surface area contributed by atoms with Crippen LogP contribution in [-0.2, 0) is 19.3 Å². The standard InChI is InChI=1S/C20H24BClN2O4S/c1-18(2)19(3,4)28-21(27-18)15-11-16(22)13-20(5,12-15)29(25,26)24-10-8-14-7-6-9-23-17(14)24/h6-11,13H,12H2,1-5H3. The molecule has 1 aliphatic carbocycles. The summed E-state index contributed by atoms with van der Waals surface area (Å²) in [4.78, 5) is 4.25. The lowest BCUT2D eigenvalue weighted by atomic mass is 9.71. The van der Waals surface area contributed by atoms with Gasteiger partial charge in [-0.05, 0) is 76.9 Å². The second-order valence-electron chi connectivity index (χ2n) is 8.86. The Hall–Kier alpha value is -1.61. The Morgan fingerprint density at radius 1 is 1.14 bits per heavy atom. The van der Waals surface area contributed by atoms with Crippen LogP contribution in [0.25, 0.3) is 11.0 Å². The second-order valence-corrected chi connectivity index (χ2v) is 11.6. The first kappa shape index (κ1) is 20.7. The lowest BCUT2D eigenvalue weighted by Gasteiger charge is -2.32. The molecule has 0 amide bonds. The van der Waals surface area contributed by atoms with E-state index in [0.29, 0.717) is 16.2 Å². The molecule has 1 unspecified atom stereocenters. The number of hydrogen-bond donors (Lipinski definition) is 0. The molecular formula is C20H24BClN2O4S. The molecule has 1 saturated heterocycles. The van der Waals surface area contributed by atoms with E-state index >= 15 is 0 Å². The van der Waals surface area contributed by atoms with E-state index in [2.05, 4.69) is 4.98 Å². The lowest BCUT2D eigenvalue weighted by molar-refractivity contribution is 0.00578. The highest BCUT2D eigenvalue weighted by atomic mass is 35.5. The molecule has 0 N–H and O–H groups in total. The van der Waals surface area contributed by atoms with Crippen molar-refractivity contribution in [1.29, 1.82) is 0 Å². The van der Waals surface area contributed by atoms with Gasteiger partial charge in [0.15, 0.2) is 5.65 Å². The molecule has 0 bridgehead atoms. The lowest BCUT2D eigenvalue weighted by Crippen LogP contribution is -2.41. The van der Waals surface area contributed by atoms with Crippen LogP contribution in [0.15, 0.2) is 53.2 Å². The molecule has 0 radical (unpaired) electrons. The topological polar surface area (TPSA) is 70.4 Å². The molecule has 6 nitrogen and oxygen atoms in total. The third kappa shape index (κ3) is 3.17. The highest BCUT2D eigenvalue weighted by Gasteiger charge is 2.54. The first-order valence-electron chi connectivity index (χ1n) is 9.48. The zero-order valence-electron chi connectivity index (χ0n) is 17.1. The zero-order valence-corrected chi connectivity index (χ0v) is 18.7. The van der Waals surface area contributed by atoms with Crippen LogP contribution in [0.1, 0.15) is 41.0 Å². The van der Waals surface area contributed by atoms with Crippen molar-refractivity contribution < 1.29 is 17.7 Å². The van der Waals surface area contributed by atoms with Gasteiger partial charge in [0.05, 0.1) is 11.2 Å². The van der Waals surface area contributed by atoms with E-state index in [1.807, 2.05) is 33.8 Å². The van der Waals surface area contributed by atoms with E-state index in [4.69, 9.17) is 20.9 Å². The largest absolute Gasteiger partial charge is 0.490 e. The number of pyridine rings is 1. The van der Waals surface area contributed by atoms with Gasteiger partial charge in [0, 0.05) is 22.8 Å². The van der Waals surface area contributed by atoms with E-state index < -0.39 is 33.1 Å². The Labute approximate surface area is 176 Å². The fraction of sp³-hybridized carbons (Fsp3) is 0.450. The summed E-state index contributed by atoms with van der Waals surface area (Å²) in [7, 11) is -4.51. The molecule has 0 aromatic carbocycles. The number of halogens is 1. The Balaban J connectivity index is 1.73. The van der Waals surface area contributed by atoms with Crippen molar-refractivity contribution in [3.63, 3.8) is 0 Å². The summed E-state index contributed by atoms with van der Waals surface area (Å²) in [6.07, 6.45) is 6.64. The van der Waals surface area contributed by atoms with Gasteiger partial charge < -0.3 is 9.31 Å². The maximum Gasteiger partial charge on any atom is 0.490 e. The van der Waals surface area contributed by atoms with Gasteiger partial charge in [-0.2, -0.15) is 0 Å². The van der Waals surface area contributed by atoms with E-state index in [1.165, 1.54) is 10.2 Å². The molecule has 2 aliphatic rings. The number of allylic oxidation sites excluding steroid dienone is 3. The van der Waals surface area contributed by atoms with Crippen LogP contribution in [0.5, 0.6) is 0 Å². The van der Waals surface area contributed by atoms with Crippen LogP contribution in [0.2, 0.25) is 0 Å². The summed E-state index contributed by atoms with van der Waals surface area (Å²) in [6.45, 7) is 9.50. The minimum Gasteiger partial charge on any atom is -0.400 e. The summed E-state index contributed by atoms with van der Waals surface area (Å²) in [5.74, 6) is 0. The Morgan fingerprint density at radius 3 is 2.45 bits per heavy atom. The van der Waals surface area contributed by atoms with Gasteiger partial charge in [-0.15, -0.1) is 0 Å². The van der Waals surface area contributed by atoms with Crippen molar-refractivity contribution in [3.8, 4) is 0 Å². The summed E-state index contributed by atoms with van der Waals surface area (Å²) in [6, 6.07) is 5.34. The highest BCUT2D eigenvalue weighted by Crippen LogP contribution is 2.43. The molecule has 1 aliphatic heterocycles. The maximum atomic E-state index is 13.7. The molecule has 29 heavy (non-hydrogen) atoms. The molecule has 0 spiro atoms. The first-order chi connectivity index (χ1) is 13.4. The van der Waals surface area contributed by atoms with Crippen LogP contribution < -0.4 is 0 Å². The highest BCUT2D eigenvalue weighted by molar-refractivity contribution is 7.91. The molecule has 2 aromatic rings. The van der Waals surface area contributed by atoms with Gasteiger partial charge in [-0.3, -0.25) is 0 Å². The second kappa shape index (κ2) is 6.44. The summed E-state index contributed by atoms with van der Waals surface area (Å²) >= 11 is 6.39. The van der Waals surface area contributed by atoms with Gasteiger partial charge in [0.2, 0.25) is 10.0 Å². The number of rotatable bonds is 3. The van der Waals surface area contributed by atoms with Crippen LogP contribution >= 0.6 is 11.6 Å². The quantitative estimate of drug-likeness (QED) is 0.681. The number of nitrogens with zero attached hydrogens (tertiary/aromatic N) is 2. The fourth-order valence-corrected chi connectivity index (χ4v) is 5.81. The Morgan fingerprint density at radius 2 is 1.79 bits per heavy atom. The number of hydrogen-bond acceptors (Lipinski definition) is 5. The Bertz CT molecular complexity index is 1140. The van der Waals surface area contributed by atoms with Gasteiger partial charge in [-0.25, -0.2) is 17.4 Å². The number of fused-ring (bicyclic) bond motifs is 1. The average Bonchev–Trinajstić information content (AvgIpc) is 3.13. The third-order valence-corrected chi connectivity index (χ3v) is 8.61. The van der Waals surface area contributed by atoms with Crippen molar-refractivity contribution in [1.82, 2.24) is 8.96 Å². The van der Waals surface area contributed by atoms with Crippen molar-refractivity contribution in [2.75, 3.05) is 0 Å². The van der Waals surface area contributed by atoms with E-state index in [0.717, 1.165) is 5.39 Å². The van der Waals surface area contributed by atoms with Crippen LogP contribution in [0, 0.1) is 0 Å². The Kier molecular flexibility index (Phi) is 4.59. The van der Waals surface area contributed by atoms with Crippen LogP contribution in [-0.4, -0.2) is 40.4 Å². The predicted molar refractivity (Wildman–Crippen MR) is 115 cm³/mol. The molecule has 1 atom stereocenters. The van der Waals surface area contributed by atoms with E-state index in [1.54, 1.807) is 37.4 Å². The third-order valence-electron chi connectivity index (χ3n) is 6.14. The maximum absolute atomic E-state index is 13.7. The zero-order chi connectivity index (χ0) is 21.2. The monoisotopic (exact) mass is 434 g/mol. The fourth-order valence-electron chi connectivity index (χ4n) is 3.69. The van der Waals surface area contributed by atoms with Gasteiger partial charge in [0.1, 0.15) is 4.75 Å². The van der Waals surface area contributed by atoms with Crippen LogP contribution in [0.3, 0.4) is 0 Å². The van der Waals surface area contributed by atoms with Gasteiger partial charge in [-0.1, -0.05) is 11.6 Å². The molecule has 1 fully saturated rings. The van der Waals surface area contributed by atoms with Crippen molar-refractivity contribution in [3.05, 3.63) is 53.2 Å². The van der Waals surface area contributed by atoms with Crippen LogP contribution in [0.4, 0.5) is 0 Å². The minimum atomic E-state index is -3.86. The SMILES string of the molecule is CC1(C)OB(C2=CC(Cl)=CC(C)(S(=O)(=O)n3ccc4cccnc43)C2)OC1(C)C. The number of aromatic nitrogens is 2. The summed E-state index contributed by atoms with van der Waals surface area (Å²) < 4.78 is 39.5. The smallest absolute Gasteiger partial charge is 0.400 e. The first-order valence-corrected chi connectivity index (χ1v) is 11.3. The molecule has 4 rings (SSSR count).